The molecule has 4 aromatic carbocycles. The molecule has 0 aromatic heterocycles. The zero-order valence-corrected chi connectivity index (χ0v) is 32.5. The van der Waals surface area contributed by atoms with Crippen LogP contribution in [0.4, 0.5) is 26.3 Å². The number of allylic oxidation sites excluding steroid dienone is 4. The van der Waals surface area contributed by atoms with Gasteiger partial charge in [-0.3, -0.25) is 6.08 Å². The Labute approximate surface area is 324 Å². The van der Waals surface area contributed by atoms with Crippen LogP contribution in [0.1, 0.15) is 72.2 Å². The molecule has 0 bridgehead atoms. The van der Waals surface area contributed by atoms with Gasteiger partial charge in [0.05, 0.1) is 0 Å². The topological polar surface area (TPSA) is 0 Å². The predicted octanol–water partition coefficient (Wildman–Crippen LogP) is 6.16. The van der Waals surface area contributed by atoms with E-state index >= 15 is 0 Å². The van der Waals surface area contributed by atoms with Gasteiger partial charge in [0.2, 0.25) is 0 Å². The number of fused-ring (bicyclic) bond motifs is 3. The number of benzene rings is 4. The van der Waals surface area contributed by atoms with Crippen molar-refractivity contribution in [3.63, 3.8) is 0 Å². The van der Waals surface area contributed by atoms with Gasteiger partial charge in [-0.2, -0.15) is 35.4 Å². The third-order valence-electron chi connectivity index (χ3n) is 8.11. The first-order valence-electron chi connectivity index (χ1n) is 15.6. The van der Waals surface area contributed by atoms with E-state index in [1.54, 1.807) is 0 Å². The molecule has 0 aliphatic heterocycles. The van der Waals surface area contributed by atoms with Gasteiger partial charge in [-0.1, -0.05) is 81.0 Å². The fourth-order valence-electron chi connectivity index (χ4n) is 5.24. The van der Waals surface area contributed by atoms with Crippen LogP contribution in [-0.4, -0.2) is 3.21 Å². The second-order valence-corrected chi connectivity index (χ2v) is 14.1. The Morgan fingerprint density at radius 2 is 1.24 bits per heavy atom. The maximum absolute atomic E-state index is 12.5. The fraction of sp³-hybridized carbons (Fsp3) is 0.214. The standard InChI is InChI=1S/C17H13.C15H8F6.C10H15.2ClH.Zr/c1-3-12-5-7-14-11-15-8-6-13(4-2)10-17(15)16(14)9-12;16-14(17,18)12-5-1-10(2-6-12)9-11-3-7-13(8-4-11)15(19,20)21;1-8-5-6-9(7-8)10(2,3)4;;;/h3-7,9-10H,1-2,11H2;1-8H;6-8H,1-4H3;2*1H;/q-1;;-1;;;+2/p-2. The van der Waals surface area contributed by atoms with E-state index < -0.39 is 23.5 Å². The van der Waals surface area contributed by atoms with Gasteiger partial charge < -0.3 is 24.8 Å². The SMILES string of the molecule is C=Cc1c[c-]c2c(c1)-c1cc(C=C)ccc1C2.CC1[C-]=CC(C(C)(C)C)=C1.FC(F)(F)c1ccc([C](=[Zr+2])c2ccc(C(F)(F)F)cc2)cc1.[Cl-].[Cl-]. The van der Waals surface area contributed by atoms with Gasteiger partial charge in [0.15, 0.2) is 0 Å². The van der Waals surface area contributed by atoms with Gasteiger partial charge in [0.1, 0.15) is 0 Å². The summed E-state index contributed by atoms with van der Waals surface area (Å²) in [4.78, 5) is 0. The third-order valence-corrected chi connectivity index (χ3v) is 9.53. The Kier molecular flexibility index (Phi) is 15.5. The van der Waals surface area contributed by atoms with Crippen LogP contribution in [0, 0.1) is 23.5 Å². The molecule has 0 radical (unpaired) electrons. The molecule has 1 atom stereocenters. The summed E-state index contributed by atoms with van der Waals surface area (Å²) >= 11 is 0.898. The van der Waals surface area contributed by atoms with E-state index in [4.69, 9.17) is 0 Å². The average molecular weight is 817 g/mol. The van der Waals surface area contributed by atoms with Crippen molar-refractivity contribution in [1.82, 2.24) is 0 Å². The molecule has 0 heterocycles. The van der Waals surface area contributed by atoms with E-state index in [1.807, 2.05) is 18.2 Å². The van der Waals surface area contributed by atoms with Gasteiger partial charge in [0.25, 0.3) is 0 Å². The number of halogens is 8. The Hall–Kier alpha value is -3.25. The molecule has 0 nitrogen and oxygen atoms in total. The van der Waals surface area contributed by atoms with E-state index in [-0.39, 0.29) is 24.8 Å². The van der Waals surface area contributed by atoms with E-state index in [0.29, 0.717) is 25.7 Å². The fourth-order valence-corrected chi connectivity index (χ4v) is 6.06. The van der Waals surface area contributed by atoms with Crippen molar-refractivity contribution in [2.45, 2.75) is 46.5 Å². The van der Waals surface area contributed by atoms with E-state index in [2.05, 4.69) is 89.4 Å². The van der Waals surface area contributed by atoms with Crippen LogP contribution in [0.15, 0.2) is 110 Å². The molecule has 2 aliphatic carbocycles. The first-order valence-corrected chi connectivity index (χ1v) is 16.8. The van der Waals surface area contributed by atoms with Crippen LogP contribution in [0.3, 0.4) is 0 Å². The summed E-state index contributed by atoms with van der Waals surface area (Å²) in [6.45, 7) is 16.5. The summed E-state index contributed by atoms with van der Waals surface area (Å²) in [5, 5.41) is 0. The number of hydrogen-bond acceptors (Lipinski definition) is 0. The molecule has 0 amide bonds. The first kappa shape index (κ1) is 43.9. The summed E-state index contributed by atoms with van der Waals surface area (Å²) in [6.07, 6.45) is 3.58. The summed E-state index contributed by atoms with van der Waals surface area (Å²) in [5.41, 5.74) is 8.89. The van der Waals surface area contributed by atoms with Gasteiger partial charge in [-0.15, -0.1) is 23.8 Å². The van der Waals surface area contributed by atoms with Crippen molar-refractivity contribution < 1.29 is 75.4 Å². The monoisotopic (exact) mass is 814 g/mol. The number of alkyl halides is 6. The second kappa shape index (κ2) is 18.0. The maximum atomic E-state index is 12.5. The first-order chi connectivity index (χ1) is 22.9. The van der Waals surface area contributed by atoms with E-state index in [1.165, 1.54) is 57.7 Å². The second-order valence-electron chi connectivity index (χ2n) is 12.8. The normalized spacial score (nSPS) is 14.2. The van der Waals surface area contributed by atoms with Gasteiger partial charge >= 0.3 is 137 Å². The molecule has 0 spiro atoms. The third kappa shape index (κ3) is 11.6. The van der Waals surface area contributed by atoms with Crippen molar-refractivity contribution >= 4 is 15.4 Å². The minimum absolute atomic E-state index is 0. The molecule has 0 N–H and O–H groups in total. The van der Waals surface area contributed by atoms with E-state index in [9.17, 15) is 26.3 Å². The molecular weight excluding hydrogens is 781 g/mol. The minimum Gasteiger partial charge on any atom is -1.00 e. The molecule has 0 saturated carbocycles. The Morgan fingerprint density at radius 1 is 0.745 bits per heavy atom. The van der Waals surface area contributed by atoms with Crippen LogP contribution in [0.5, 0.6) is 0 Å². The Balaban J connectivity index is 0.000000277. The summed E-state index contributed by atoms with van der Waals surface area (Å²) in [6, 6.07) is 23.2. The molecule has 2 aliphatic rings. The van der Waals surface area contributed by atoms with Crippen molar-refractivity contribution in [3.05, 3.63) is 166 Å². The van der Waals surface area contributed by atoms with Crippen molar-refractivity contribution in [2.24, 2.45) is 11.3 Å². The molecule has 0 saturated heterocycles. The smallest absolute Gasteiger partial charge is 1.00 e. The number of hydrogen-bond donors (Lipinski definition) is 0. The molecular formula is C42H36Cl2F6Zr-2. The molecule has 4 aromatic rings. The average Bonchev–Trinajstić information content (AvgIpc) is 3.67. The van der Waals surface area contributed by atoms with Crippen LogP contribution < -0.4 is 24.8 Å². The molecule has 51 heavy (non-hydrogen) atoms. The summed E-state index contributed by atoms with van der Waals surface area (Å²) < 4.78 is 75.6. The zero-order valence-electron chi connectivity index (χ0n) is 28.5. The van der Waals surface area contributed by atoms with E-state index in [0.717, 1.165) is 60.5 Å². The van der Waals surface area contributed by atoms with Crippen LogP contribution in [-0.2, 0) is 43.0 Å². The van der Waals surface area contributed by atoms with Crippen LogP contribution >= 0.6 is 0 Å². The van der Waals surface area contributed by atoms with Gasteiger partial charge in [-0.05, 0) is 12.0 Å². The minimum atomic E-state index is -4.41. The van der Waals surface area contributed by atoms with Crippen molar-refractivity contribution in [3.8, 4) is 11.1 Å². The molecule has 266 valence electrons. The number of rotatable bonds is 4. The maximum Gasteiger partial charge on any atom is -1.00 e. The predicted molar refractivity (Wildman–Crippen MR) is 184 cm³/mol. The van der Waals surface area contributed by atoms with Crippen molar-refractivity contribution in [2.75, 3.05) is 0 Å². The van der Waals surface area contributed by atoms with Gasteiger partial charge in [-0.25, -0.2) is 6.08 Å². The zero-order chi connectivity index (χ0) is 36.1. The molecule has 9 heteroatoms. The molecule has 6 rings (SSSR count). The molecule has 0 fully saturated rings. The quantitative estimate of drug-likeness (QED) is 0.151. The van der Waals surface area contributed by atoms with Crippen molar-refractivity contribution in [1.29, 1.82) is 0 Å². The van der Waals surface area contributed by atoms with Crippen LogP contribution in [0.25, 0.3) is 23.3 Å². The molecule has 1 unspecified atom stereocenters. The van der Waals surface area contributed by atoms with Crippen LogP contribution in [0.2, 0.25) is 0 Å². The Morgan fingerprint density at radius 3 is 1.63 bits per heavy atom. The Bertz CT molecular complexity index is 1780. The summed E-state index contributed by atoms with van der Waals surface area (Å²) in [5.74, 6) is 0.522. The summed E-state index contributed by atoms with van der Waals surface area (Å²) in [7, 11) is 0. The largest absolute Gasteiger partial charge is 1.00 e. The van der Waals surface area contributed by atoms with Gasteiger partial charge in [0, 0.05) is 0 Å².